The fourth-order valence-corrected chi connectivity index (χ4v) is 6.90. The van der Waals surface area contributed by atoms with Gasteiger partial charge in [0.25, 0.3) is 5.91 Å². The molecule has 2 atom stereocenters. The predicted molar refractivity (Wildman–Crippen MR) is 176 cm³/mol. The Balaban J connectivity index is 1.59. The van der Waals surface area contributed by atoms with Gasteiger partial charge in [0.05, 0.1) is 47.0 Å². The molecule has 44 heavy (non-hydrogen) atoms. The molecule has 0 fully saturated rings. The average molecular weight is 617 g/mol. The molecule has 2 unspecified atom stereocenters. The number of hydrogen-bond donors (Lipinski definition) is 2. The fourth-order valence-electron chi connectivity index (χ4n) is 5.31. The maximum Gasteiger partial charge on any atom is 0.254 e. The summed E-state index contributed by atoms with van der Waals surface area (Å²) < 4.78 is 5.45. The number of thioether (sulfide) groups is 1. The van der Waals surface area contributed by atoms with E-state index in [4.69, 9.17) is 16.3 Å². The topological polar surface area (TPSA) is 97.9 Å². The number of halogens is 1. The molecular weight excluding hydrogens is 588 g/mol. The summed E-state index contributed by atoms with van der Waals surface area (Å²) in [5.41, 5.74) is 5.12. The van der Waals surface area contributed by atoms with Crippen molar-refractivity contribution in [3.63, 3.8) is 0 Å². The largest absolute Gasteiger partial charge is 0.495 e. The van der Waals surface area contributed by atoms with Crippen LogP contribution in [0.5, 0.6) is 5.75 Å². The summed E-state index contributed by atoms with van der Waals surface area (Å²) in [5.74, 6) is -0.577. The summed E-state index contributed by atoms with van der Waals surface area (Å²) in [5, 5.41) is 27.8. The van der Waals surface area contributed by atoms with E-state index in [2.05, 4.69) is 22.8 Å². The zero-order chi connectivity index (χ0) is 31.1. The lowest BCUT2D eigenvalue weighted by Gasteiger charge is -2.32. The Kier molecular flexibility index (Phi) is 9.72. The van der Waals surface area contributed by atoms with E-state index in [1.807, 2.05) is 91.9 Å². The van der Waals surface area contributed by atoms with Crippen LogP contribution in [-0.4, -0.2) is 13.0 Å². The van der Waals surface area contributed by atoms with Crippen LogP contribution >= 0.6 is 23.4 Å². The van der Waals surface area contributed by atoms with Crippen molar-refractivity contribution in [3.05, 3.63) is 152 Å². The van der Waals surface area contributed by atoms with Gasteiger partial charge in [0, 0.05) is 21.5 Å². The molecule has 8 heteroatoms. The van der Waals surface area contributed by atoms with Crippen LogP contribution in [0.15, 0.2) is 125 Å². The van der Waals surface area contributed by atoms with Crippen LogP contribution in [0.4, 0.5) is 5.69 Å². The molecular formula is C36H29ClN4O2S. The molecule has 2 N–H and O–H groups in total. The Morgan fingerprint density at radius 2 is 1.64 bits per heavy atom. The number of rotatable bonds is 9. The highest BCUT2D eigenvalue weighted by atomic mass is 35.5. The second-order valence-corrected chi connectivity index (χ2v) is 11.7. The summed E-state index contributed by atoms with van der Waals surface area (Å²) in [6.45, 7) is 1.83. The van der Waals surface area contributed by atoms with Crippen LogP contribution < -0.4 is 15.4 Å². The zero-order valence-corrected chi connectivity index (χ0v) is 25.7. The van der Waals surface area contributed by atoms with E-state index in [0.29, 0.717) is 55.9 Å². The van der Waals surface area contributed by atoms with Crippen molar-refractivity contribution in [2.75, 3.05) is 12.4 Å². The van der Waals surface area contributed by atoms with Gasteiger partial charge in [0.2, 0.25) is 0 Å². The monoisotopic (exact) mass is 616 g/mol. The standard InChI is InChI=1S/C36H29ClN4O2S/c1-23-33(35(42)41-30-18-10-11-19-31(30)43-2)34(27-16-8-9-17-29(27)37)28(22-39)36(40-23)44-32(24-12-4-3-5-13-24)20-25-14-6-7-15-26(25)21-38/h3-19,32,34,40H,20H2,1-2H3,(H,41,42). The van der Waals surface area contributed by atoms with Gasteiger partial charge in [-0.1, -0.05) is 102 Å². The number of benzene rings is 4. The zero-order valence-electron chi connectivity index (χ0n) is 24.2. The highest BCUT2D eigenvalue weighted by Gasteiger charge is 2.37. The van der Waals surface area contributed by atoms with E-state index in [9.17, 15) is 15.3 Å². The SMILES string of the molecule is COc1ccccc1NC(=O)C1=C(C)NC(SC(Cc2ccccc2C#N)c2ccccc2)=C(C#N)C1c1ccccc1Cl. The first-order valence-corrected chi connectivity index (χ1v) is 15.2. The fraction of sp³-hybridized carbons (Fsp3) is 0.139. The van der Waals surface area contributed by atoms with Crippen LogP contribution in [-0.2, 0) is 11.2 Å². The summed E-state index contributed by atoms with van der Waals surface area (Å²) in [6.07, 6.45) is 0.559. The van der Waals surface area contributed by atoms with Crippen molar-refractivity contribution in [2.24, 2.45) is 0 Å². The van der Waals surface area contributed by atoms with E-state index < -0.39 is 5.92 Å². The third kappa shape index (κ3) is 6.50. The molecule has 0 radical (unpaired) electrons. The first kappa shape index (κ1) is 30.5. The van der Waals surface area contributed by atoms with E-state index >= 15 is 0 Å². The molecule has 0 spiro atoms. The van der Waals surface area contributed by atoms with Gasteiger partial charge in [-0.05, 0) is 54.3 Å². The Bertz CT molecular complexity index is 1840. The Hall–Kier alpha value is -4.95. The number of carbonyl (C=O) groups is 1. The second kappa shape index (κ2) is 14.0. The molecule has 1 aliphatic rings. The third-order valence-corrected chi connectivity index (χ3v) is 9.06. The number of anilines is 1. The number of hydrogen-bond acceptors (Lipinski definition) is 6. The Labute approximate surface area is 266 Å². The van der Waals surface area contributed by atoms with Crippen molar-refractivity contribution < 1.29 is 9.53 Å². The van der Waals surface area contributed by atoms with Crippen molar-refractivity contribution in [1.82, 2.24) is 5.32 Å². The maximum absolute atomic E-state index is 14.0. The minimum Gasteiger partial charge on any atom is -0.495 e. The van der Waals surface area contributed by atoms with Gasteiger partial charge in [-0.25, -0.2) is 0 Å². The van der Waals surface area contributed by atoms with E-state index in [0.717, 1.165) is 11.1 Å². The highest BCUT2D eigenvalue weighted by molar-refractivity contribution is 8.03. The molecule has 1 amide bonds. The predicted octanol–water partition coefficient (Wildman–Crippen LogP) is 8.27. The van der Waals surface area contributed by atoms with Crippen LogP contribution in [0.3, 0.4) is 0 Å². The van der Waals surface area contributed by atoms with Crippen LogP contribution in [0.25, 0.3) is 0 Å². The van der Waals surface area contributed by atoms with Crippen LogP contribution in [0, 0.1) is 22.7 Å². The van der Waals surface area contributed by atoms with Crippen molar-refractivity contribution in [2.45, 2.75) is 24.5 Å². The number of carbonyl (C=O) groups excluding carboxylic acids is 1. The summed E-state index contributed by atoms with van der Waals surface area (Å²) >= 11 is 8.24. The second-order valence-electron chi connectivity index (χ2n) is 10.1. The number of nitrogens with zero attached hydrogens (tertiary/aromatic N) is 2. The lowest BCUT2D eigenvalue weighted by molar-refractivity contribution is -0.113. The first-order chi connectivity index (χ1) is 21.4. The van der Waals surface area contributed by atoms with Gasteiger partial charge < -0.3 is 15.4 Å². The molecule has 4 aromatic carbocycles. The van der Waals surface area contributed by atoms with Gasteiger partial charge in [0.15, 0.2) is 0 Å². The molecule has 5 rings (SSSR count). The molecule has 4 aromatic rings. The number of ether oxygens (including phenoxy) is 1. The molecule has 0 bridgehead atoms. The lowest BCUT2D eigenvalue weighted by atomic mass is 9.82. The number of dihydropyridines is 1. The van der Waals surface area contributed by atoms with Crippen molar-refractivity contribution in [3.8, 4) is 17.9 Å². The van der Waals surface area contributed by atoms with Crippen LogP contribution in [0.2, 0.25) is 5.02 Å². The Morgan fingerprint density at radius 1 is 0.955 bits per heavy atom. The normalized spacial score (nSPS) is 15.1. The number of nitriles is 2. The number of nitrogens with one attached hydrogen (secondary N) is 2. The molecule has 0 saturated carbocycles. The van der Waals surface area contributed by atoms with E-state index in [1.54, 1.807) is 25.3 Å². The van der Waals surface area contributed by atoms with Gasteiger partial charge in [0.1, 0.15) is 5.75 Å². The van der Waals surface area contributed by atoms with Crippen LogP contribution in [0.1, 0.15) is 40.3 Å². The number of amides is 1. The highest BCUT2D eigenvalue weighted by Crippen LogP contribution is 2.47. The molecule has 0 saturated heterocycles. The smallest absolute Gasteiger partial charge is 0.254 e. The van der Waals surface area contributed by atoms with Gasteiger partial charge >= 0.3 is 0 Å². The molecule has 0 aromatic heterocycles. The van der Waals surface area contributed by atoms with E-state index in [-0.39, 0.29) is 11.2 Å². The van der Waals surface area contributed by atoms with Crippen molar-refractivity contribution in [1.29, 1.82) is 10.5 Å². The molecule has 218 valence electrons. The van der Waals surface area contributed by atoms with Gasteiger partial charge in [-0.15, -0.1) is 0 Å². The maximum atomic E-state index is 14.0. The Morgan fingerprint density at radius 3 is 2.36 bits per heavy atom. The lowest BCUT2D eigenvalue weighted by Crippen LogP contribution is -2.31. The minimum absolute atomic E-state index is 0.139. The van der Waals surface area contributed by atoms with Gasteiger partial charge in [-0.3, -0.25) is 4.79 Å². The number of allylic oxidation sites excluding steroid dienone is 2. The van der Waals surface area contributed by atoms with Crippen molar-refractivity contribution >= 4 is 35.0 Å². The summed E-state index contributed by atoms with van der Waals surface area (Å²) in [7, 11) is 1.54. The first-order valence-electron chi connectivity index (χ1n) is 14.0. The minimum atomic E-state index is -0.727. The number of para-hydroxylation sites is 2. The molecule has 6 nitrogen and oxygen atoms in total. The summed E-state index contributed by atoms with van der Waals surface area (Å²) in [4.78, 5) is 14.0. The van der Waals surface area contributed by atoms with Gasteiger partial charge in [-0.2, -0.15) is 10.5 Å². The van der Waals surface area contributed by atoms with E-state index in [1.165, 1.54) is 11.8 Å². The molecule has 1 aliphatic heterocycles. The third-order valence-electron chi connectivity index (χ3n) is 7.44. The molecule has 0 aliphatic carbocycles. The summed E-state index contributed by atoms with van der Waals surface area (Å²) in [6, 6.07) is 36.7. The quantitative estimate of drug-likeness (QED) is 0.196. The average Bonchev–Trinajstić information content (AvgIpc) is 3.05. The number of methoxy groups -OCH3 is 1. The molecule has 1 heterocycles.